The van der Waals surface area contributed by atoms with E-state index in [1.165, 1.54) is 22.2 Å². The van der Waals surface area contributed by atoms with Crippen LogP contribution in [0.3, 0.4) is 0 Å². The Bertz CT molecular complexity index is 792. The molecule has 1 heterocycles. The molecule has 1 N–H and O–H groups in total. The van der Waals surface area contributed by atoms with Crippen molar-refractivity contribution in [1.82, 2.24) is 9.88 Å². The quantitative estimate of drug-likeness (QED) is 0.854. The van der Waals surface area contributed by atoms with E-state index in [-0.39, 0.29) is 12.5 Å². The van der Waals surface area contributed by atoms with Gasteiger partial charge in [-0.2, -0.15) is 0 Å². The molecule has 25 heavy (non-hydrogen) atoms. The molecule has 1 aromatic heterocycles. The molecule has 1 unspecified atom stereocenters. The summed E-state index contributed by atoms with van der Waals surface area (Å²) in [4.78, 5) is 30.6. The van der Waals surface area contributed by atoms with E-state index >= 15 is 0 Å². The molecular weight excluding hydrogens is 336 g/mol. The zero-order chi connectivity index (χ0) is 18.6. The predicted octanol–water partition coefficient (Wildman–Crippen LogP) is 3.64. The van der Waals surface area contributed by atoms with Crippen LogP contribution in [-0.4, -0.2) is 40.5 Å². The minimum Gasteiger partial charge on any atom is -0.481 e. The summed E-state index contributed by atoms with van der Waals surface area (Å²) in [7, 11) is 1.61. The van der Waals surface area contributed by atoms with Crippen LogP contribution in [0.2, 0.25) is 0 Å². The van der Waals surface area contributed by atoms with E-state index in [2.05, 4.69) is 11.1 Å². The molecule has 0 fully saturated rings. The topological polar surface area (TPSA) is 70.5 Å². The molecule has 0 bridgehead atoms. The number of hydrogen-bond acceptors (Lipinski definition) is 4. The number of hydrogen-bond donors (Lipinski definition) is 1. The van der Waals surface area contributed by atoms with Gasteiger partial charge in [-0.1, -0.05) is 36.4 Å². The number of carbonyl (C=O) groups excluding carboxylic acids is 1. The molecule has 0 spiro atoms. The van der Waals surface area contributed by atoms with Crippen molar-refractivity contribution in [3.8, 4) is 0 Å². The normalized spacial score (nSPS) is 11.8. The fraction of sp³-hybridized carbons (Fsp3) is 0.316. The number of rotatable bonds is 6. The summed E-state index contributed by atoms with van der Waals surface area (Å²) in [6.07, 6.45) is 1.66. The second kappa shape index (κ2) is 8.16. The Hall–Kier alpha value is -2.34. The lowest BCUT2D eigenvalue weighted by Crippen LogP contribution is -2.34. The zero-order valence-corrected chi connectivity index (χ0v) is 15.6. The van der Waals surface area contributed by atoms with Crippen molar-refractivity contribution >= 4 is 23.6 Å². The smallest absolute Gasteiger partial charge is 0.308 e. The van der Waals surface area contributed by atoms with Gasteiger partial charge in [-0.15, -0.1) is 0 Å². The van der Waals surface area contributed by atoms with Crippen molar-refractivity contribution in [3.63, 3.8) is 0 Å². The highest BCUT2D eigenvalue weighted by molar-refractivity contribution is 7.99. The van der Waals surface area contributed by atoms with E-state index in [4.69, 9.17) is 5.11 Å². The summed E-state index contributed by atoms with van der Waals surface area (Å²) in [5.41, 5.74) is 2.79. The molecule has 0 saturated carbocycles. The third-order valence-electron chi connectivity index (χ3n) is 3.85. The van der Waals surface area contributed by atoms with Gasteiger partial charge >= 0.3 is 5.97 Å². The minimum absolute atomic E-state index is 0.150. The predicted molar refractivity (Wildman–Crippen MR) is 98.0 cm³/mol. The Morgan fingerprint density at radius 1 is 1.28 bits per heavy atom. The van der Waals surface area contributed by atoms with Crippen molar-refractivity contribution in [1.29, 1.82) is 0 Å². The Morgan fingerprint density at radius 3 is 2.64 bits per heavy atom. The summed E-state index contributed by atoms with van der Waals surface area (Å²) in [6, 6.07) is 9.58. The number of aliphatic carboxylic acids is 1. The zero-order valence-electron chi connectivity index (χ0n) is 14.8. The van der Waals surface area contributed by atoms with Crippen LogP contribution in [0.15, 0.2) is 46.5 Å². The monoisotopic (exact) mass is 358 g/mol. The van der Waals surface area contributed by atoms with Crippen molar-refractivity contribution in [2.24, 2.45) is 5.92 Å². The molecule has 5 nitrogen and oxygen atoms in total. The molecule has 0 aliphatic rings. The van der Waals surface area contributed by atoms with Crippen LogP contribution in [0.25, 0.3) is 0 Å². The highest BCUT2D eigenvalue weighted by Crippen LogP contribution is 2.32. The second-order valence-corrected chi connectivity index (χ2v) is 7.18. The van der Waals surface area contributed by atoms with Gasteiger partial charge in [0.15, 0.2) is 0 Å². The standard InChI is InChI=1S/C19H22N2O3S/c1-12-7-8-16(13(2)10-12)25-17-15(6-5-9-20-17)18(22)21(4)11-14(3)19(23)24/h5-10,14H,11H2,1-4H3,(H,23,24). The first kappa shape index (κ1) is 19.0. The number of aryl methyl sites for hydroxylation is 2. The van der Waals surface area contributed by atoms with Crippen LogP contribution in [0, 0.1) is 19.8 Å². The highest BCUT2D eigenvalue weighted by Gasteiger charge is 2.21. The maximum Gasteiger partial charge on any atom is 0.308 e. The maximum atomic E-state index is 12.7. The molecule has 1 amide bonds. The van der Waals surface area contributed by atoms with Gasteiger partial charge in [-0.05, 0) is 37.6 Å². The first-order valence-electron chi connectivity index (χ1n) is 7.98. The summed E-state index contributed by atoms with van der Waals surface area (Å²) in [5, 5.41) is 9.65. The number of aromatic nitrogens is 1. The van der Waals surface area contributed by atoms with Gasteiger partial charge in [0.2, 0.25) is 0 Å². The molecule has 1 aromatic carbocycles. The van der Waals surface area contributed by atoms with E-state index in [1.807, 2.05) is 26.0 Å². The molecule has 2 aromatic rings. The number of nitrogens with zero attached hydrogens (tertiary/aromatic N) is 2. The molecular formula is C19H22N2O3S. The third kappa shape index (κ3) is 4.82. The first-order valence-corrected chi connectivity index (χ1v) is 8.79. The van der Waals surface area contributed by atoms with Gasteiger partial charge < -0.3 is 10.0 Å². The number of carbonyl (C=O) groups is 2. The van der Waals surface area contributed by atoms with E-state index < -0.39 is 11.9 Å². The number of amides is 1. The fourth-order valence-corrected chi connectivity index (χ4v) is 3.37. The van der Waals surface area contributed by atoms with Crippen LogP contribution in [0.1, 0.15) is 28.4 Å². The lowest BCUT2D eigenvalue weighted by molar-refractivity contribution is -0.141. The molecule has 0 radical (unpaired) electrons. The molecule has 2 rings (SSSR count). The van der Waals surface area contributed by atoms with Gasteiger partial charge in [0.25, 0.3) is 5.91 Å². The number of benzene rings is 1. The van der Waals surface area contributed by atoms with Gasteiger partial charge in [0.05, 0.1) is 11.5 Å². The second-order valence-electron chi connectivity index (χ2n) is 6.15. The largest absolute Gasteiger partial charge is 0.481 e. The van der Waals surface area contributed by atoms with Crippen LogP contribution < -0.4 is 0 Å². The highest BCUT2D eigenvalue weighted by atomic mass is 32.2. The summed E-state index contributed by atoms with van der Waals surface area (Å²) in [5.74, 6) is -1.77. The Morgan fingerprint density at radius 2 is 2.00 bits per heavy atom. The van der Waals surface area contributed by atoms with Crippen LogP contribution in [0.4, 0.5) is 0 Å². The van der Waals surface area contributed by atoms with Gasteiger partial charge in [0, 0.05) is 24.7 Å². The van der Waals surface area contributed by atoms with Gasteiger partial charge in [0.1, 0.15) is 5.03 Å². The Labute approximate surface area is 152 Å². The van der Waals surface area contributed by atoms with E-state index in [0.29, 0.717) is 10.6 Å². The lowest BCUT2D eigenvalue weighted by atomic mass is 10.1. The van der Waals surface area contributed by atoms with E-state index in [0.717, 1.165) is 10.5 Å². The van der Waals surface area contributed by atoms with Crippen molar-refractivity contribution in [2.75, 3.05) is 13.6 Å². The van der Waals surface area contributed by atoms with Crippen LogP contribution in [-0.2, 0) is 4.79 Å². The van der Waals surface area contributed by atoms with E-state index in [9.17, 15) is 9.59 Å². The molecule has 0 saturated heterocycles. The Balaban J connectivity index is 2.25. The lowest BCUT2D eigenvalue weighted by Gasteiger charge is -2.20. The minimum atomic E-state index is -0.921. The SMILES string of the molecule is Cc1ccc(Sc2ncccc2C(=O)N(C)CC(C)C(=O)O)c(C)c1. The summed E-state index contributed by atoms with van der Waals surface area (Å²) in [6.45, 7) is 5.80. The molecule has 0 aliphatic heterocycles. The number of carboxylic acids is 1. The van der Waals surface area contributed by atoms with Crippen LogP contribution >= 0.6 is 11.8 Å². The number of carboxylic acid groups (broad SMARTS) is 1. The molecule has 132 valence electrons. The van der Waals surface area contributed by atoms with Gasteiger partial charge in [-0.25, -0.2) is 4.98 Å². The van der Waals surface area contributed by atoms with Crippen LogP contribution in [0.5, 0.6) is 0 Å². The average Bonchev–Trinajstić information content (AvgIpc) is 2.57. The maximum absolute atomic E-state index is 12.7. The van der Waals surface area contributed by atoms with Crippen molar-refractivity contribution in [3.05, 3.63) is 53.2 Å². The Kier molecular flexibility index (Phi) is 6.20. The fourth-order valence-electron chi connectivity index (χ4n) is 2.43. The summed E-state index contributed by atoms with van der Waals surface area (Å²) < 4.78 is 0. The molecule has 6 heteroatoms. The van der Waals surface area contributed by atoms with Crippen molar-refractivity contribution in [2.45, 2.75) is 30.7 Å². The summed E-state index contributed by atoms with van der Waals surface area (Å²) >= 11 is 1.45. The van der Waals surface area contributed by atoms with Gasteiger partial charge in [-0.3, -0.25) is 9.59 Å². The molecule has 0 aliphatic carbocycles. The van der Waals surface area contributed by atoms with E-state index in [1.54, 1.807) is 32.3 Å². The molecule has 1 atom stereocenters. The number of pyridine rings is 1. The van der Waals surface area contributed by atoms with Crippen molar-refractivity contribution < 1.29 is 14.7 Å². The third-order valence-corrected chi connectivity index (χ3v) is 5.05. The average molecular weight is 358 g/mol. The first-order chi connectivity index (χ1) is 11.8.